The molecule has 0 bridgehead atoms. The highest BCUT2D eigenvalue weighted by atomic mass is 32.2. The minimum absolute atomic E-state index is 0.0512. The number of sulfone groups is 1. The van der Waals surface area contributed by atoms with E-state index in [1.54, 1.807) is 0 Å². The first-order valence-corrected chi connectivity index (χ1v) is 9.31. The van der Waals surface area contributed by atoms with Crippen molar-refractivity contribution in [3.05, 3.63) is 0 Å². The van der Waals surface area contributed by atoms with E-state index in [0.717, 1.165) is 32.8 Å². The summed E-state index contributed by atoms with van der Waals surface area (Å²) in [5.41, 5.74) is 0. The number of carbonyl (C=O) groups is 1. The molecule has 0 aromatic rings. The molecule has 0 spiro atoms. The van der Waals surface area contributed by atoms with Crippen LogP contribution in [0.1, 0.15) is 13.3 Å². The van der Waals surface area contributed by atoms with Gasteiger partial charge >= 0.3 is 6.03 Å². The van der Waals surface area contributed by atoms with Gasteiger partial charge in [0.05, 0.1) is 24.7 Å². The molecule has 2 fully saturated rings. The van der Waals surface area contributed by atoms with Gasteiger partial charge in [-0.1, -0.05) is 0 Å². The van der Waals surface area contributed by atoms with Crippen LogP contribution in [0.3, 0.4) is 0 Å². The first kappa shape index (κ1) is 16.5. The Bertz CT molecular complexity index is 448. The molecule has 0 unspecified atom stereocenters. The van der Waals surface area contributed by atoms with Crippen LogP contribution < -0.4 is 10.6 Å². The maximum atomic E-state index is 11.8. The van der Waals surface area contributed by atoms with Crippen molar-refractivity contribution in [2.75, 3.05) is 50.9 Å². The molecule has 122 valence electrons. The monoisotopic (exact) mass is 319 g/mol. The van der Waals surface area contributed by atoms with Crippen molar-refractivity contribution >= 4 is 15.9 Å². The fraction of sp³-hybridized carbons (Fsp3) is 0.923. The van der Waals surface area contributed by atoms with E-state index in [1.165, 1.54) is 0 Å². The van der Waals surface area contributed by atoms with Crippen LogP contribution in [-0.4, -0.2) is 76.3 Å². The minimum Gasteiger partial charge on any atom is -0.379 e. The topological polar surface area (TPSA) is 87.7 Å². The molecular formula is C13H25N3O4S. The molecule has 0 aliphatic carbocycles. The molecule has 2 aliphatic heterocycles. The van der Waals surface area contributed by atoms with E-state index in [2.05, 4.69) is 15.5 Å². The molecule has 2 heterocycles. The lowest BCUT2D eigenvalue weighted by Gasteiger charge is -2.29. The van der Waals surface area contributed by atoms with Gasteiger partial charge in [-0.3, -0.25) is 4.90 Å². The molecule has 2 saturated heterocycles. The normalized spacial score (nSPS) is 27.2. The highest BCUT2D eigenvalue weighted by Gasteiger charge is 2.28. The van der Waals surface area contributed by atoms with Gasteiger partial charge in [0.15, 0.2) is 9.84 Å². The third kappa shape index (κ3) is 5.80. The molecule has 2 amide bonds. The molecule has 0 aromatic heterocycles. The van der Waals surface area contributed by atoms with E-state index in [1.807, 2.05) is 6.92 Å². The van der Waals surface area contributed by atoms with Crippen LogP contribution >= 0.6 is 0 Å². The Morgan fingerprint density at radius 1 is 1.38 bits per heavy atom. The van der Waals surface area contributed by atoms with Crippen LogP contribution in [0.4, 0.5) is 4.79 Å². The number of amides is 2. The van der Waals surface area contributed by atoms with Gasteiger partial charge in [-0.15, -0.1) is 0 Å². The standard InChI is InChI=1S/C13H25N3O4S/c1-11(9-16-3-5-20-6-4-16)15-13(17)14-8-12-2-7-21(18,19)10-12/h11-12H,2-10H2,1H3,(H2,14,15,17)/t11-,12+/m0/s1. The minimum atomic E-state index is -2.88. The summed E-state index contributed by atoms with van der Waals surface area (Å²) in [6.07, 6.45) is 0.645. The van der Waals surface area contributed by atoms with Gasteiger partial charge in [-0.2, -0.15) is 0 Å². The predicted octanol–water partition coefficient (Wildman–Crippen LogP) is -0.559. The third-order valence-electron chi connectivity index (χ3n) is 3.89. The lowest BCUT2D eigenvalue weighted by atomic mass is 10.1. The number of hydrogen-bond donors (Lipinski definition) is 2. The van der Waals surface area contributed by atoms with Crippen LogP contribution in [-0.2, 0) is 14.6 Å². The van der Waals surface area contributed by atoms with Crippen molar-refractivity contribution in [3.8, 4) is 0 Å². The molecule has 2 aliphatic rings. The Balaban J connectivity index is 1.62. The van der Waals surface area contributed by atoms with Crippen LogP contribution in [0.2, 0.25) is 0 Å². The first-order valence-electron chi connectivity index (χ1n) is 7.49. The summed E-state index contributed by atoms with van der Waals surface area (Å²) < 4.78 is 28.0. The van der Waals surface area contributed by atoms with Gasteiger partial charge in [0.2, 0.25) is 0 Å². The predicted molar refractivity (Wildman–Crippen MR) is 80.0 cm³/mol. The lowest BCUT2D eigenvalue weighted by Crippen LogP contribution is -2.49. The molecule has 0 aromatic carbocycles. The molecule has 7 nitrogen and oxygen atoms in total. The molecule has 2 atom stereocenters. The zero-order chi connectivity index (χ0) is 15.3. The Morgan fingerprint density at radius 2 is 2.10 bits per heavy atom. The van der Waals surface area contributed by atoms with Gasteiger partial charge in [0, 0.05) is 32.2 Å². The number of nitrogens with zero attached hydrogens (tertiary/aromatic N) is 1. The highest BCUT2D eigenvalue weighted by Crippen LogP contribution is 2.17. The molecule has 2 N–H and O–H groups in total. The molecule has 8 heteroatoms. The van der Waals surface area contributed by atoms with Crippen molar-refractivity contribution in [2.24, 2.45) is 5.92 Å². The van der Waals surface area contributed by atoms with Gasteiger partial charge in [-0.05, 0) is 19.3 Å². The van der Waals surface area contributed by atoms with E-state index < -0.39 is 9.84 Å². The van der Waals surface area contributed by atoms with Crippen LogP contribution in [0.15, 0.2) is 0 Å². The molecule has 2 rings (SSSR count). The van der Waals surface area contributed by atoms with E-state index in [9.17, 15) is 13.2 Å². The number of nitrogens with one attached hydrogen (secondary N) is 2. The number of hydrogen-bond acceptors (Lipinski definition) is 5. The SMILES string of the molecule is C[C@@H](CN1CCOCC1)NC(=O)NC[C@H]1CCS(=O)(=O)C1. The second-order valence-electron chi connectivity index (χ2n) is 5.94. The Hall–Kier alpha value is -0.860. The fourth-order valence-electron chi connectivity index (χ4n) is 2.76. The van der Waals surface area contributed by atoms with Crippen molar-refractivity contribution in [2.45, 2.75) is 19.4 Å². The summed E-state index contributed by atoms with van der Waals surface area (Å²) in [6, 6.07) is -0.171. The Kier molecular flexibility index (Phi) is 5.83. The second kappa shape index (κ2) is 7.42. The molecule has 0 radical (unpaired) electrons. The van der Waals surface area contributed by atoms with Crippen molar-refractivity contribution in [1.82, 2.24) is 15.5 Å². The van der Waals surface area contributed by atoms with Gasteiger partial charge in [0.25, 0.3) is 0 Å². The van der Waals surface area contributed by atoms with Crippen molar-refractivity contribution in [1.29, 1.82) is 0 Å². The average molecular weight is 319 g/mol. The lowest BCUT2D eigenvalue weighted by molar-refractivity contribution is 0.0349. The Morgan fingerprint density at radius 3 is 2.71 bits per heavy atom. The summed E-state index contributed by atoms with van der Waals surface area (Å²) in [7, 11) is -2.88. The van der Waals surface area contributed by atoms with Gasteiger partial charge in [0.1, 0.15) is 0 Å². The largest absolute Gasteiger partial charge is 0.379 e. The van der Waals surface area contributed by atoms with Crippen molar-refractivity contribution < 1.29 is 17.9 Å². The van der Waals surface area contributed by atoms with E-state index in [4.69, 9.17) is 4.74 Å². The van der Waals surface area contributed by atoms with Crippen LogP contribution in [0, 0.1) is 5.92 Å². The third-order valence-corrected chi connectivity index (χ3v) is 5.73. The second-order valence-corrected chi connectivity index (χ2v) is 8.17. The summed E-state index contributed by atoms with van der Waals surface area (Å²) in [5, 5.41) is 5.66. The number of morpholine rings is 1. The fourth-order valence-corrected chi connectivity index (χ4v) is 4.62. The summed E-state index contributed by atoms with van der Waals surface area (Å²) in [6.45, 7) is 6.48. The van der Waals surface area contributed by atoms with Gasteiger partial charge < -0.3 is 15.4 Å². The zero-order valence-corrected chi connectivity index (χ0v) is 13.3. The van der Waals surface area contributed by atoms with E-state index >= 15 is 0 Å². The summed E-state index contributed by atoms with van der Waals surface area (Å²) in [4.78, 5) is 14.1. The quantitative estimate of drug-likeness (QED) is 0.709. The number of ether oxygens (including phenoxy) is 1. The zero-order valence-electron chi connectivity index (χ0n) is 12.5. The van der Waals surface area contributed by atoms with Crippen LogP contribution in [0.5, 0.6) is 0 Å². The molecular weight excluding hydrogens is 294 g/mol. The van der Waals surface area contributed by atoms with Gasteiger partial charge in [-0.25, -0.2) is 13.2 Å². The number of rotatable bonds is 5. The summed E-state index contributed by atoms with van der Waals surface area (Å²) in [5.74, 6) is 0.487. The first-order chi connectivity index (χ1) is 9.94. The maximum absolute atomic E-state index is 11.8. The summed E-state index contributed by atoms with van der Waals surface area (Å²) >= 11 is 0. The number of carbonyl (C=O) groups excluding carboxylic acids is 1. The smallest absolute Gasteiger partial charge is 0.315 e. The van der Waals surface area contributed by atoms with Crippen molar-refractivity contribution in [3.63, 3.8) is 0 Å². The van der Waals surface area contributed by atoms with E-state index in [0.29, 0.717) is 13.0 Å². The van der Waals surface area contributed by atoms with Crippen LogP contribution in [0.25, 0.3) is 0 Å². The Labute approximate surface area is 126 Å². The highest BCUT2D eigenvalue weighted by molar-refractivity contribution is 7.91. The molecule has 0 saturated carbocycles. The molecule has 21 heavy (non-hydrogen) atoms. The van der Waals surface area contributed by atoms with E-state index in [-0.39, 0.29) is 29.5 Å². The maximum Gasteiger partial charge on any atom is 0.315 e. The average Bonchev–Trinajstić information content (AvgIpc) is 2.77. The number of urea groups is 1.